The highest BCUT2D eigenvalue weighted by atomic mass is 127. The van der Waals surface area contributed by atoms with Crippen LogP contribution in [0.4, 0.5) is 4.39 Å². The average molecular weight is 478 g/mol. The van der Waals surface area contributed by atoms with E-state index in [4.69, 9.17) is 4.74 Å². The van der Waals surface area contributed by atoms with Crippen molar-refractivity contribution in [2.45, 2.75) is 32.3 Å². The Labute approximate surface area is 171 Å². The molecule has 0 spiro atoms. The maximum Gasteiger partial charge on any atom is 0.224 e. The third kappa shape index (κ3) is 8.79. The molecular weight excluding hydrogens is 450 g/mol. The summed E-state index contributed by atoms with van der Waals surface area (Å²) in [7, 11) is 0. The zero-order valence-electron chi connectivity index (χ0n) is 15.1. The summed E-state index contributed by atoms with van der Waals surface area (Å²) in [5, 5.41) is 9.17. The van der Waals surface area contributed by atoms with Crippen LogP contribution in [0.25, 0.3) is 0 Å². The Morgan fingerprint density at radius 1 is 1.31 bits per heavy atom. The largest absolute Gasteiger partial charge is 0.376 e. The van der Waals surface area contributed by atoms with Gasteiger partial charge in [0.1, 0.15) is 5.82 Å². The second kappa shape index (κ2) is 12.9. The summed E-state index contributed by atoms with van der Waals surface area (Å²) in [6.07, 6.45) is 2.53. The number of halogens is 2. The highest BCUT2D eigenvalue weighted by Gasteiger charge is 2.14. The van der Waals surface area contributed by atoms with E-state index in [0.717, 1.165) is 32.0 Å². The molecule has 1 atom stereocenters. The number of rotatable bonds is 8. The van der Waals surface area contributed by atoms with E-state index in [9.17, 15) is 9.18 Å². The Morgan fingerprint density at radius 2 is 2.12 bits per heavy atom. The molecule has 1 heterocycles. The van der Waals surface area contributed by atoms with Crippen LogP contribution in [0.2, 0.25) is 0 Å². The lowest BCUT2D eigenvalue weighted by molar-refractivity contribution is -0.120. The van der Waals surface area contributed by atoms with Crippen molar-refractivity contribution in [3.05, 3.63) is 35.6 Å². The molecule has 0 aromatic heterocycles. The molecule has 1 aliphatic rings. The SMILES string of the molecule is CCNC(=NCC1CCCO1)NCCNC(=O)Cc1cccc(F)c1.I. The number of ether oxygens (including phenoxy) is 1. The molecule has 1 saturated heterocycles. The van der Waals surface area contributed by atoms with Crippen LogP contribution in [-0.4, -0.2) is 50.8 Å². The second-order valence-corrected chi connectivity index (χ2v) is 5.94. The zero-order chi connectivity index (χ0) is 17.9. The smallest absolute Gasteiger partial charge is 0.224 e. The summed E-state index contributed by atoms with van der Waals surface area (Å²) in [5.41, 5.74) is 0.664. The molecule has 146 valence electrons. The molecule has 1 amide bonds. The van der Waals surface area contributed by atoms with Gasteiger partial charge < -0.3 is 20.7 Å². The third-order valence-corrected chi connectivity index (χ3v) is 3.81. The number of nitrogens with zero attached hydrogens (tertiary/aromatic N) is 1. The Hall–Kier alpha value is -1.42. The second-order valence-electron chi connectivity index (χ2n) is 5.94. The molecule has 1 aromatic rings. The van der Waals surface area contributed by atoms with Crippen LogP contribution in [0, 0.1) is 5.82 Å². The van der Waals surface area contributed by atoms with Crippen LogP contribution in [0.5, 0.6) is 0 Å². The Morgan fingerprint density at radius 3 is 2.81 bits per heavy atom. The Kier molecular flexibility index (Phi) is 11.2. The lowest BCUT2D eigenvalue weighted by atomic mass is 10.1. The average Bonchev–Trinajstić information content (AvgIpc) is 3.10. The van der Waals surface area contributed by atoms with Gasteiger partial charge in [0.25, 0.3) is 0 Å². The summed E-state index contributed by atoms with van der Waals surface area (Å²) < 4.78 is 18.7. The van der Waals surface area contributed by atoms with Crippen LogP contribution >= 0.6 is 24.0 Å². The molecule has 0 bridgehead atoms. The summed E-state index contributed by atoms with van der Waals surface area (Å²) >= 11 is 0. The highest BCUT2D eigenvalue weighted by molar-refractivity contribution is 14.0. The van der Waals surface area contributed by atoms with Gasteiger partial charge in [-0.05, 0) is 37.5 Å². The Balaban J connectivity index is 0.00000338. The topological polar surface area (TPSA) is 74.8 Å². The number of carbonyl (C=O) groups is 1. The molecule has 3 N–H and O–H groups in total. The van der Waals surface area contributed by atoms with E-state index < -0.39 is 0 Å². The summed E-state index contributed by atoms with van der Waals surface area (Å²) in [6.45, 7) is 5.26. The minimum atomic E-state index is -0.329. The number of guanidine groups is 1. The van der Waals surface area contributed by atoms with Crippen molar-refractivity contribution in [3.63, 3.8) is 0 Å². The molecule has 1 aromatic carbocycles. The van der Waals surface area contributed by atoms with Gasteiger partial charge in [0, 0.05) is 26.2 Å². The summed E-state index contributed by atoms with van der Waals surface area (Å²) in [5.74, 6) is 0.260. The van der Waals surface area contributed by atoms with Crippen molar-refractivity contribution < 1.29 is 13.9 Å². The van der Waals surface area contributed by atoms with E-state index in [-0.39, 0.29) is 48.2 Å². The standard InChI is InChI=1S/C18H27FN4O2.HI/c1-2-20-18(23-13-16-7-4-10-25-16)22-9-8-21-17(24)12-14-5-3-6-15(19)11-14;/h3,5-6,11,16H,2,4,7-10,12-13H2,1H3,(H,21,24)(H2,20,22,23);1H. The molecule has 1 unspecified atom stereocenters. The molecule has 8 heteroatoms. The number of amides is 1. The molecule has 1 fully saturated rings. The first kappa shape index (κ1) is 22.6. The fourth-order valence-corrected chi connectivity index (χ4v) is 2.60. The minimum Gasteiger partial charge on any atom is -0.376 e. The summed E-state index contributed by atoms with van der Waals surface area (Å²) in [4.78, 5) is 16.4. The number of benzene rings is 1. The van der Waals surface area contributed by atoms with Gasteiger partial charge in [-0.3, -0.25) is 9.79 Å². The summed E-state index contributed by atoms with van der Waals surface area (Å²) in [6, 6.07) is 6.08. The number of aliphatic imine (C=N–C) groups is 1. The fraction of sp³-hybridized carbons (Fsp3) is 0.556. The normalized spacial score (nSPS) is 16.7. The van der Waals surface area contributed by atoms with Crippen LogP contribution < -0.4 is 16.0 Å². The van der Waals surface area contributed by atoms with Gasteiger partial charge in [-0.2, -0.15) is 0 Å². The molecule has 2 rings (SSSR count). The maximum absolute atomic E-state index is 13.1. The van der Waals surface area contributed by atoms with E-state index in [1.165, 1.54) is 12.1 Å². The van der Waals surface area contributed by atoms with Crippen molar-refractivity contribution in [1.82, 2.24) is 16.0 Å². The monoisotopic (exact) mass is 478 g/mol. The van der Waals surface area contributed by atoms with Crippen molar-refractivity contribution in [2.24, 2.45) is 4.99 Å². The van der Waals surface area contributed by atoms with E-state index in [2.05, 4.69) is 20.9 Å². The first-order valence-corrected chi connectivity index (χ1v) is 8.82. The quantitative estimate of drug-likeness (QED) is 0.231. The lowest BCUT2D eigenvalue weighted by Crippen LogP contribution is -2.42. The molecule has 0 saturated carbocycles. The predicted octanol–water partition coefficient (Wildman–Crippen LogP) is 1.84. The van der Waals surface area contributed by atoms with E-state index in [1.54, 1.807) is 12.1 Å². The van der Waals surface area contributed by atoms with Gasteiger partial charge in [0.15, 0.2) is 5.96 Å². The lowest BCUT2D eigenvalue weighted by Gasteiger charge is -2.13. The highest BCUT2D eigenvalue weighted by Crippen LogP contribution is 2.11. The molecule has 26 heavy (non-hydrogen) atoms. The van der Waals surface area contributed by atoms with E-state index in [1.807, 2.05) is 6.92 Å². The molecule has 1 aliphatic heterocycles. The van der Waals surface area contributed by atoms with Gasteiger partial charge in [0.05, 0.1) is 19.1 Å². The van der Waals surface area contributed by atoms with E-state index >= 15 is 0 Å². The molecule has 0 aliphatic carbocycles. The van der Waals surface area contributed by atoms with Crippen molar-refractivity contribution >= 4 is 35.8 Å². The zero-order valence-corrected chi connectivity index (χ0v) is 17.4. The van der Waals surface area contributed by atoms with Crippen LogP contribution in [0.3, 0.4) is 0 Å². The van der Waals surface area contributed by atoms with Gasteiger partial charge in [-0.15, -0.1) is 24.0 Å². The number of hydrogen-bond donors (Lipinski definition) is 3. The van der Waals surface area contributed by atoms with Crippen molar-refractivity contribution in [3.8, 4) is 0 Å². The van der Waals surface area contributed by atoms with Gasteiger partial charge in [0.2, 0.25) is 5.91 Å². The van der Waals surface area contributed by atoms with E-state index in [0.29, 0.717) is 25.2 Å². The fourth-order valence-electron chi connectivity index (χ4n) is 2.60. The first-order valence-electron chi connectivity index (χ1n) is 8.82. The molecule has 0 radical (unpaired) electrons. The third-order valence-electron chi connectivity index (χ3n) is 3.81. The van der Waals surface area contributed by atoms with Crippen molar-refractivity contribution in [2.75, 3.05) is 32.8 Å². The molecule has 6 nitrogen and oxygen atoms in total. The van der Waals surface area contributed by atoms with Crippen molar-refractivity contribution in [1.29, 1.82) is 0 Å². The van der Waals surface area contributed by atoms with Crippen LogP contribution in [-0.2, 0) is 16.0 Å². The molecular formula is C18H28FIN4O2. The van der Waals surface area contributed by atoms with Gasteiger partial charge in [-0.1, -0.05) is 12.1 Å². The van der Waals surface area contributed by atoms with Gasteiger partial charge >= 0.3 is 0 Å². The Bertz CT molecular complexity index is 580. The first-order chi connectivity index (χ1) is 12.2. The van der Waals surface area contributed by atoms with Crippen LogP contribution in [0.15, 0.2) is 29.3 Å². The van der Waals surface area contributed by atoms with Crippen LogP contribution in [0.1, 0.15) is 25.3 Å². The minimum absolute atomic E-state index is 0. The maximum atomic E-state index is 13.1. The van der Waals surface area contributed by atoms with Gasteiger partial charge in [-0.25, -0.2) is 4.39 Å². The number of carbonyl (C=O) groups excluding carboxylic acids is 1. The number of hydrogen-bond acceptors (Lipinski definition) is 3. The number of nitrogens with one attached hydrogen (secondary N) is 3. The predicted molar refractivity (Wildman–Crippen MR) is 111 cm³/mol.